The summed E-state index contributed by atoms with van der Waals surface area (Å²) >= 11 is 0. The average Bonchev–Trinajstić information content (AvgIpc) is 3.38. The molecule has 0 heterocycles. The Hall–Kier alpha value is -2.24. The standard InChI is InChI=1S/C67H124O6/c1-10-12-14-16-18-20-22-24-26-28-30-36-44-56(3)46-42-50-60(7)66(69)72-52-40-34-32-38-48-58(5)62-55-65(71-9)63(54-64(62)68)59(6)49-39-33-35-41-53-73-67(70)61(8)51-43-47-57(4)45-37-31-29-27-25-23-21-19-17-15-13-11-2/h54-61,68H,10-53H2,1-9H3. The molecule has 1 N–H and O–H groups in total. The van der Waals surface area contributed by atoms with E-state index in [1.807, 2.05) is 19.9 Å². The molecule has 0 aliphatic rings. The van der Waals surface area contributed by atoms with Crippen LogP contribution in [0.4, 0.5) is 0 Å². The highest BCUT2D eigenvalue weighted by atomic mass is 16.5. The van der Waals surface area contributed by atoms with Gasteiger partial charge < -0.3 is 19.3 Å². The van der Waals surface area contributed by atoms with Gasteiger partial charge in [-0.05, 0) is 74.3 Å². The van der Waals surface area contributed by atoms with Crippen molar-refractivity contribution in [2.75, 3.05) is 20.3 Å². The molecule has 73 heavy (non-hydrogen) atoms. The van der Waals surface area contributed by atoms with E-state index in [1.54, 1.807) is 7.11 Å². The fourth-order valence-corrected chi connectivity index (χ4v) is 11.0. The van der Waals surface area contributed by atoms with E-state index < -0.39 is 0 Å². The van der Waals surface area contributed by atoms with Gasteiger partial charge in [0.25, 0.3) is 0 Å². The molecule has 6 heteroatoms. The molecular weight excluding hydrogens is 901 g/mol. The summed E-state index contributed by atoms with van der Waals surface area (Å²) < 4.78 is 17.2. The van der Waals surface area contributed by atoms with E-state index in [1.165, 1.54) is 180 Å². The molecule has 0 aliphatic carbocycles. The maximum atomic E-state index is 12.7. The van der Waals surface area contributed by atoms with Gasteiger partial charge >= 0.3 is 11.9 Å². The SMILES string of the molecule is CCCCCCCCCCCCCCC(C)CCCC(C)C(=O)OCCCCCCC(C)c1cc(OC)c(C(C)CCCCCCOC(=O)C(C)CCCC(C)CCCCCCCCCCCCCC)cc1O. The van der Waals surface area contributed by atoms with Crippen molar-refractivity contribution in [1.29, 1.82) is 0 Å². The number of aromatic hydroxyl groups is 1. The lowest BCUT2D eigenvalue weighted by molar-refractivity contribution is -0.149. The van der Waals surface area contributed by atoms with E-state index in [-0.39, 0.29) is 35.6 Å². The van der Waals surface area contributed by atoms with Crippen molar-refractivity contribution >= 4 is 11.9 Å². The van der Waals surface area contributed by atoms with E-state index in [2.05, 4.69) is 47.6 Å². The van der Waals surface area contributed by atoms with Crippen LogP contribution < -0.4 is 4.74 Å². The summed E-state index contributed by atoms with van der Waals surface area (Å²) in [6, 6.07) is 4.00. The summed E-state index contributed by atoms with van der Waals surface area (Å²) in [6.07, 6.45) is 53.0. The monoisotopic (exact) mass is 1020 g/mol. The molecule has 6 atom stereocenters. The number of phenolic OH excluding ortho intramolecular Hbond substituents is 1. The zero-order chi connectivity index (χ0) is 53.6. The van der Waals surface area contributed by atoms with E-state index in [9.17, 15) is 14.7 Å². The Kier molecular flexibility index (Phi) is 45.4. The molecule has 0 radical (unpaired) electrons. The maximum Gasteiger partial charge on any atom is 0.308 e. The number of carbonyl (C=O) groups is 2. The first-order chi connectivity index (χ1) is 35.4. The Balaban J connectivity index is 2.14. The lowest BCUT2D eigenvalue weighted by atomic mass is 9.88. The van der Waals surface area contributed by atoms with Crippen LogP contribution in [0.1, 0.15) is 348 Å². The van der Waals surface area contributed by atoms with Gasteiger partial charge in [0.05, 0.1) is 32.2 Å². The Labute approximate surface area is 454 Å². The minimum Gasteiger partial charge on any atom is -0.508 e. The highest BCUT2D eigenvalue weighted by Gasteiger charge is 2.20. The summed E-state index contributed by atoms with van der Waals surface area (Å²) in [4.78, 5) is 25.3. The molecule has 0 saturated heterocycles. The second-order valence-corrected chi connectivity index (χ2v) is 23.9. The molecule has 1 rings (SSSR count). The summed E-state index contributed by atoms with van der Waals surface area (Å²) in [6.45, 7) is 18.9. The third kappa shape index (κ3) is 38.0. The molecule has 0 saturated carbocycles. The minimum absolute atomic E-state index is 0.0172. The fourth-order valence-electron chi connectivity index (χ4n) is 11.0. The van der Waals surface area contributed by atoms with Crippen LogP contribution in [0.3, 0.4) is 0 Å². The quantitative estimate of drug-likeness (QED) is 0.0517. The van der Waals surface area contributed by atoms with Crippen LogP contribution in [0.2, 0.25) is 0 Å². The van der Waals surface area contributed by atoms with Gasteiger partial charge in [-0.3, -0.25) is 9.59 Å². The number of rotatable bonds is 53. The van der Waals surface area contributed by atoms with Gasteiger partial charge in [0.15, 0.2) is 0 Å². The van der Waals surface area contributed by atoms with E-state index in [0.717, 1.165) is 119 Å². The number of unbranched alkanes of at least 4 members (excludes halogenated alkanes) is 28. The first-order valence-corrected chi connectivity index (χ1v) is 32.2. The van der Waals surface area contributed by atoms with Crippen molar-refractivity contribution in [2.45, 2.75) is 337 Å². The predicted molar refractivity (Wildman–Crippen MR) is 315 cm³/mol. The smallest absolute Gasteiger partial charge is 0.308 e. The van der Waals surface area contributed by atoms with Crippen LogP contribution >= 0.6 is 0 Å². The molecule has 0 bridgehead atoms. The largest absolute Gasteiger partial charge is 0.508 e. The van der Waals surface area contributed by atoms with Crippen LogP contribution in [0.5, 0.6) is 11.5 Å². The fraction of sp³-hybridized carbons (Fsp3) is 0.881. The third-order valence-corrected chi connectivity index (χ3v) is 16.6. The van der Waals surface area contributed by atoms with Crippen LogP contribution in [0, 0.1) is 23.7 Å². The van der Waals surface area contributed by atoms with Crippen molar-refractivity contribution in [3.8, 4) is 11.5 Å². The topological polar surface area (TPSA) is 82.1 Å². The molecule has 1 aromatic carbocycles. The van der Waals surface area contributed by atoms with Crippen molar-refractivity contribution in [3.05, 3.63) is 23.3 Å². The van der Waals surface area contributed by atoms with E-state index >= 15 is 0 Å². The Morgan fingerprint density at radius 2 is 0.685 bits per heavy atom. The van der Waals surface area contributed by atoms with Gasteiger partial charge in [-0.1, -0.05) is 287 Å². The highest BCUT2D eigenvalue weighted by Crippen LogP contribution is 2.39. The molecule has 0 aromatic heterocycles. The van der Waals surface area contributed by atoms with Crippen LogP contribution in [-0.2, 0) is 19.1 Å². The normalized spacial score (nSPS) is 14.2. The van der Waals surface area contributed by atoms with Gasteiger partial charge in [-0.2, -0.15) is 0 Å². The Morgan fingerprint density at radius 3 is 1.04 bits per heavy atom. The highest BCUT2D eigenvalue weighted by molar-refractivity contribution is 5.72. The molecule has 1 aromatic rings. The predicted octanol–water partition coefficient (Wildman–Crippen LogP) is 21.7. The summed E-state index contributed by atoms with van der Waals surface area (Å²) in [7, 11) is 1.73. The summed E-state index contributed by atoms with van der Waals surface area (Å²) in [5.41, 5.74) is 2.03. The van der Waals surface area contributed by atoms with E-state index in [4.69, 9.17) is 14.2 Å². The Bertz CT molecular complexity index is 1410. The average molecular weight is 1030 g/mol. The van der Waals surface area contributed by atoms with Gasteiger partial charge in [0.2, 0.25) is 0 Å². The molecule has 0 spiro atoms. The minimum atomic E-state index is -0.0332. The van der Waals surface area contributed by atoms with Crippen molar-refractivity contribution < 1.29 is 28.9 Å². The van der Waals surface area contributed by atoms with Crippen molar-refractivity contribution in [1.82, 2.24) is 0 Å². The molecule has 6 nitrogen and oxygen atoms in total. The first-order valence-electron chi connectivity index (χ1n) is 32.2. The molecule has 0 aliphatic heterocycles. The number of ether oxygens (including phenoxy) is 3. The first kappa shape index (κ1) is 68.8. The number of benzene rings is 1. The molecule has 6 unspecified atom stereocenters. The number of phenols is 1. The van der Waals surface area contributed by atoms with Crippen molar-refractivity contribution in [3.63, 3.8) is 0 Å². The summed E-state index contributed by atoms with van der Waals surface area (Å²) in [5.74, 6) is 3.12. The maximum absolute atomic E-state index is 12.7. The lowest BCUT2D eigenvalue weighted by Crippen LogP contribution is -2.15. The third-order valence-electron chi connectivity index (χ3n) is 16.6. The number of carbonyl (C=O) groups excluding carboxylic acids is 2. The molecule has 0 amide bonds. The molecule has 0 fully saturated rings. The van der Waals surface area contributed by atoms with Gasteiger partial charge in [-0.15, -0.1) is 0 Å². The number of esters is 2. The second-order valence-electron chi connectivity index (χ2n) is 23.9. The van der Waals surface area contributed by atoms with E-state index in [0.29, 0.717) is 19.0 Å². The zero-order valence-corrected chi connectivity index (χ0v) is 50.2. The van der Waals surface area contributed by atoms with Gasteiger partial charge in [-0.25, -0.2) is 0 Å². The van der Waals surface area contributed by atoms with Gasteiger partial charge in [0.1, 0.15) is 11.5 Å². The second kappa shape index (κ2) is 48.2. The Morgan fingerprint density at radius 1 is 0.384 bits per heavy atom. The van der Waals surface area contributed by atoms with Crippen molar-refractivity contribution in [2.24, 2.45) is 23.7 Å². The number of hydrogen-bond donors (Lipinski definition) is 1. The van der Waals surface area contributed by atoms with Crippen LogP contribution in [0.25, 0.3) is 0 Å². The lowest BCUT2D eigenvalue weighted by Gasteiger charge is -2.20. The van der Waals surface area contributed by atoms with Crippen LogP contribution in [-0.4, -0.2) is 37.4 Å². The zero-order valence-electron chi connectivity index (χ0n) is 50.2. The number of methoxy groups -OCH3 is 1. The summed E-state index contributed by atoms with van der Waals surface area (Å²) in [5, 5.41) is 11.2. The number of hydrogen-bond acceptors (Lipinski definition) is 6. The molecular formula is C67H124O6. The van der Waals surface area contributed by atoms with Gasteiger partial charge in [0, 0.05) is 11.1 Å². The van der Waals surface area contributed by atoms with Crippen LogP contribution in [0.15, 0.2) is 12.1 Å². The molecule has 428 valence electrons.